The Morgan fingerprint density at radius 3 is 2.31 bits per heavy atom. The number of rotatable bonds is 9. The molecule has 1 spiro atoms. The SMILES string of the molecule is CC(C)[C@@H](N)C(=O)CC1CCC(CC(=O)[C@@H]2N[C@H](CC(C)(C)C)[C@]3(C(=O)Nc4cc(Cl)ccc43)[C@H]2c2cccc(Cl)c2F)CC1. The highest BCUT2D eigenvalue weighted by Crippen LogP contribution is 2.57. The standard InChI is InChI=1S/C36H46Cl2FN3O3/c1-19(2)32(40)27(43)15-20-9-11-21(12-10-20)16-28(44)33-30(23-7-6-8-25(38)31(23)39)36(29(42-33)18-35(3,4)5)24-14-13-22(37)17-26(24)41-34(36)45/h6-8,13-14,17,19-21,29-30,32-33,42H,9-12,15-16,18,40H2,1-5H3,(H,41,45)/t20?,21?,29-,30+,32-,33+,36+/m1/s1. The van der Waals surface area contributed by atoms with E-state index in [0.29, 0.717) is 35.5 Å². The van der Waals surface area contributed by atoms with Crippen LogP contribution < -0.4 is 16.4 Å². The summed E-state index contributed by atoms with van der Waals surface area (Å²) in [7, 11) is 0. The maximum absolute atomic E-state index is 16.0. The third-order valence-corrected chi connectivity index (χ3v) is 10.8. The number of hydrogen-bond donors (Lipinski definition) is 3. The molecule has 6 nitrogen and oxygen atoms in total. The molecule has 2 heterocycles. The molecule has 244 valence electrons. The Morgan fingerprint density at radius 1 is 1.04 bits per heavy atom. The number of nitrogens with two attached hydrogens (primary N) is 1. The molecule has 1 amide bonds. The van der Waals surface area contributed by atoms with Crippen molar-refractivity contribution in [2.24, 2.45) is 28.9 Å². The molecule has 2 aliphatic heterocycles. The summed E-state index contributed by atoms with van der Waals surface area (Å²) in [6.45, 7) is 10.2. The van der Waals surface area contributed by atoms with Crippen molar-refractivity contribution < 1.29 is 18.8 Å². The van der Waals surface area contributed by atoms with Gasteiger partial charge in [-0.1, -0.05) is 76.0 Å². The molecule has 2 aromatic rings. The second-order valence-corrected chi connectivity index (χ2v) is 15.9. The van der Waals surface area contributed by atoms with Crippen LogP contribution in [0.1, 0.15) is 96.6 Å². The Kier molecular flexibility index (Phi) is 9.87. The lowest BCUT2D eigenvalue weighted by Crippen LogP contribution is -2.49. The van der Waals surface area contributed by atoms with Crippen LogP contribution in [0.25, 0.3) is 0 Å². The van der Waals surface area contributed by atoms with Crippen LogP contribution in [-0.4, -0.2) is 35.6 Å². The van der Waals surface area contributed by atoms with Crippen LogP contribution in [-0.2, 0) is 19.8 Å². The highest BCUT2D eigenvalue weighted by molar-refractivity contribution is 6.31. The van der Waals surface area contributed by atoms with Crippen molar-refractivity contribution in [3.05, 3.63) is 63.4 Å². The summed E-state index contributed by atoms with van der Waals surface area (Å²) in [5.41, 5.74) is 6.18. The molecule has 2 fully saturated rings. The number of nitrogens with one attached hydrogen (secondary N) is 2. The van der Waals surface area contributed by atoms with Gasteiger partial charge in [0.2, 0.25) is 5.91 Å². The van der Waals surface area contributed by atoms with E-state index in [2.05, 4.69) is 31.4 Å². The third kappa shape index (κ3) is 6.60. The highest BCUT2D eigenvalue weighted by atomic mass is 35.5. The Morgan fingerprint density at radius 2 is 1.69 bits per heavy atom. The fraction of sp³-hybridized carbons (Fsp3) is 0.583. The van der Waals surface area contributed by atoms with Crippen molar-refractivity contribution in [1.29, 1.82) is 0 Å². The van der Waals surface area contributed by atoms with E-state index in [9.17, 15) is 14.4 Å². The van der Waals surface area contributed by atoms with E-state index in [0.717, 1.165) is 25.7 Å². The van der Waals surface area contributed by atoms with Crippen LogP contribution in [0.5, 0.6) is 0 Å². The second-order valence-electron chi connectivity index (χ2n) is 15.1. The van der Waals surface area contributed by atoms with Gasteiger partial charge in [0, 0.05) is 35.5 Å². The van der Waals surface area contributed by atoms with Gasteiger partial charge in [-0.3, -0.25) is 14.4 Å². The van der Waals surface area contributed by atoms with Crippen LogP contribution in [0, 0.1) is 29.0 Å². The number of hydrogen-bond acceptors (Lipinski definition) is 5. The van der Waals surface area contributed by atoms with Gasteiger partial charge in [0.15, 0.2) is 5.78 Å². The number of fused-ring (bicyclic) bond motifs is 2. The highest BCUT2D eigenvalue weighted by Gasteiger charge is 2.66. The summed E-state index contributed by atoms with van der Waals surface area (Å²) in [6.07, 6.45) is 4.77. The number of halogens is 3. The first-order valence-corrected chi connectivity index (χ1v) is 17.0. The van der Waals surface area contributed by atoms with Gasteiger partial charge >= 0.3 is 0 Å². The molecule has 4 N–H and O–H groups in total. The topological polar surface area (TPSA) is 101 Å². The van der Waals surface area contributed by atoms with E-state index in [4.69, 9.17) is 28.9 Å². The molecule has 5 rings (SSSR count). The van der Waals surface area contributed by atoms with Crippen molar-refractivity contribution >= 4 is 46.4 Å². The minimum absolute atomic E-state index is 0.0354. The van der Waals surface area contributed by atoms with Crippen LogP contribution in [0.2, 0.25) is 10.0 Å². The quantitative estimate of drug-likeness (QED) is 0.258. The normalized spacial score (nSPS) is 28.8. The van der Waals surface area contributed by atoms with Gasteiger partial charge in [0.05, 0.1) is 17.1 Å². The first-order valence-electron chi connectivity index (χ1n) is 16.3. The maximum Gasteiger partial charge on any atom is 0.237 e. The average Bonchev–Trinajstić information content (AvgIpc) is 3.44. The van der Waals surface area contributed by atoms with Gasteiger partial charge in [0.1, 0.15) is 17.0 Å². The van der Waals surface area contributed by atoms with E-state index in [1.165, 1.54) is 6.07 Å². The van der Waals surface area contributed by atoms with Crippen molar-refractivity contribution in [2.45, 2.75) is 109 Å². The Hall–Kier alpha value is -2.32. The third-order valence-electron chi connectivity index (χ3n) is 10.3. The number of amides is 1. The molecule has 5 atom stereocenters. The zero-order valence-electron chi connectivity index (χ0n) is 26.9. The van der Waals surface area contributed by atoms with Crippen molar-refractivity contribution in [2.75, 3.05) is 5.32 Å². The van der Waals surface area contributed by atoms with E-state index in [1.807, 2.05) is 19.9 Å². The number of carbonyl (C=O) groups excluding carboxylic acids is 3. The number of ketones is 2. The lowest BCUT2D eigenvalue weighted by atomic mass is 9.62. The molecule has 0 aromatic heterocycles. The van der Waals surface area contributed by atoms with Crippen LogP contribution >= 0.6 is 23.2 Å². The van der Waals surface area contributed by atoms with Crippen LogP contribution in [0.3, 0.4) is 0 Å². The van der Waals surface area contributed by atoms with Crippen LogP contribution in [0.4, 0.5) is 10.1 Å². The van der Waals surface area contributed by atoms with E-state index in [1.54, 1.807) is 24.3 Å². The van der Waals surface area contributed by atoms with Gasteiger partial charge < -0.3 is 16.4 Å². The summed E-state index contributed by atoms with van der Waals surface area (Å²) in [6, 6.07) is 8.41. The molecule has 1 saturated carbocycles. The van der Waals surface area contributed by atoms with Gasteiger partial charge in [-0.25, -0.2) is 4.39 Å². The molecule has 0 radical (unpaired) electrons. The number of benzene rings is 2. The summed E-state index contributed by atoms with van der Waals surface area (Å²) in [5, 5.41) is 7.06. The average molecular weight is 659 g/mol. The molecule has 9 heteroatoms. The fourth-order valence-electron chi connectivity index (χ4n) is 8.05. The second kappa shape index (κ2) is 13.1. The predicted octanol–water partition coefficient (Wildman–Crippen LogP) is 7.59. The summed E-state index contributed by atoms with van der Waals surface area (Å²) < 4.78 is 16.0. The van der Waals surface area contributed by atoms with Crippen molar-refractivity contribution in [3.8, 4) is 0 Å². The van der Waals surface area contributed by atoms with Gasteiger partial charge in [0.25, 0.3) is 0 Å². The summed E-state index contributed by atoms with van der Waals surface area (Å²) in [5.74, 6) is -1.11. The summed E-state index contributed by atoms with van der Waals surface area (Å²) >= 11 is 12.7. The first-order chi connectivity index (χ1) is 21.1. The fourth-order valence-corrected chi connectivity index (χ4v) is 8.40. The van der Waals surface area contributed by atoms with Crippen molar-refractivity contribution in [3.63, 3.8) is 0 Å². The van der Waals surface area contributed by atoms with Crippen molar-refractivity contribution in [1.82, 2.24) is 5.32 Å². The largest absolute Gasteiger partial charge is 0.325 e. The minimum atomic E-state index is -1.26. The number of Topliss-reactive ketones (excluding diaryl/α,β-unsaturated/α-hetero) is 2. The van der Waals surface area contributed by atoms with E-state index < -0.39 is 35.3 Å². The van der Waals surface area contributed by atoms with E-state index >= 15 is 4.39 Å². The molecule has 2 aromatic carbocycles. The molecule has 0 bridgehead atoms. The molecule has 45 heavy (non-hydrogen) atoms. The smallest absolute Gasteiger partial charge is 0.237 e. The summed E-state index contributed by atoms with van der Waals surface area (Å²) in [4.78, 5) is 41.3. The van der Waals surface area contributed by atoms with Gasteiger partial charge in [-0.2, -0.15) is 0 Å². The Bertz CT molecular complexity index is 1470. The molecule has 1 saturated heterocycles. The minimum Gasteiger partial charge on any atom is -0.325 e. The maximum atomic E-state index is 16.0. The lowest BCUT2D eigenvalue weighted by molar-refractivity contribution is -0.124. The molecule has 0 unspecified atom stereocenters. The molecule has 1 aliphatic carbocycles. The molecular formula is C36H46Cl2FN3O3. The first kappa shape index (κ1) is 34.0. The monoisotopic (exact) mass is 657 g/mol. The predicted molar refractivity (Wildman–Crippen MR) is 178 cm³/mol. The zero-order chi connectivity index (χ0) is 32.8. The Balaban J connectivity index is 1.48. The number of anilines is 1. The lowest BCUT2D eigenvalue weighted by Gasteiger charge is -2.38. The molecule has 3 aliphatic rings. The van der Waals surface area contributed by atoms with Gasteiger partial charge in [-0.05, 0) is 84.6 Å². The van der Waals surface area contributed by atoms with Crippen LogP contribution in [0.15, 0.2) is 36.4 Å². The van der Waals surface area contributed by atoms with Gasteiger partial charge in [-0.15, -0.1) is 0 Å². The number of carbonyl (C=O) groups is 3. The zero-order valence-corrected chi connectivity index (χ0v) is 28.4. The molecular weight excluding hydrogens is 612 g/mol. The Labute approximate surface area is 276 Å². The van der Waals surface area contributed by atoms with E-state index in [-0.39, 0.29) is 51.2 Å².